The maximum Gasteiger partial charge on any atom is 0.255 e. The number of rotatable bonds is 5. The Hall–Kier alpha value is -2.40. The second-order valence-electron chi connectivity index (χ2n) is 6.05. The number of carbonyl (C=O) groups is 1. The number of nitrogens with one attached hydrogen (secondary N) is 1. The van der Waals surface area contributed by atoms with Crippen LogP contribution in [0.3, 0.4) is 0 Å². The van der Waals surface area contributed by atoms with Crippen molar-refractivity contribution in [2.75, 3.05) is 5.32 Å². The van der Waals surface area contributed by atoms with E-state index in [4.69, 9.17) is 4.74 Å². The highest BCUT2D eigenvalue weighted by Gasteiger charge is 2.16. The predicted octanol–water partition coefficient (Wildman–Crippen LogP) is 3.54. The number of hydrogen-bond acceptors (Lipinski definition) is 4. The highest BCUT2D eigenvalue weighted by molar-refractivity contribution is 6.04. The van der Waals surface area contributed by atoms with E-state index in [2.05, 4.69) is 10.3 Å². The van der Waals surface area contributed by atoms with Crippen molar-refractivity contribution in [1.82, 2.24) is 4.98 Å². The third kappa shape index (κ3) is 4.11. The highest BCUT2D eigenvalue weighted by atomic mass is 16.5. The minimum absolute atomic E-state index is 0.150. The Kier molecular flexibility index (Phi) is 5.43. The summed E-state index contributed by atoms with van der Waals surface area (Å²) >= 11 is 0. The van der Waals surface area contributed by atoms with E-state index in [9.17, 15) is 9.90 Å². The first-order chi connectivity index (χ1) is 11.8. The van der Waals surface area contributed by atoms with Gasteiger partial charge in [-0.3, -0.25) is 9.78 Å². The fraction of sp³-hybridized carbons (Fsp3) is 0.368. The molecule has 0 aliphatic heterocycles. The second-order valence-corrected chi connectivity index (χ2v) is 6.05. The molecule has 0 saturated heterocycles. The number of aromatic nitrogens is 1. The Labute approximate surface area is 141 Å². The van der Waals surface area contributed by atoms with Crippen molar-refractivity contribution in [2.45, 2.75) is 44.8 Å². The zero-order chi connectivity index (χ0) is 16.8. The first-order valence-electron chi connectivity index (χ1n) is 8.38. The zero-order valence-corrected chi connectivity index (χ0v) is 13.6. The van der Waals surface area contributed by atoms with E-state index >= 15 is 0 Å². The van der Waals surface area contributed by atoms with Gasteiger partial charge in [0.1, 0.15) is 5.75 Å². The number of ether oxygens (including phenoxy) is 1. The molecule has 1 aliphatic carbocycles. The minimum atomic E-state index is -0.244. The summed E-state index contributed by atoms with van der Waals surface area (Å²) in [6.45, 7) is -0.150. The van der Waals surface area contributed by atoms with Crippen LogP contribution in [0.4, 0.5) is 5.69 Å². The van der Waals surface area contributed by atoms with E-state index in [1.807, 2.05) is 12.1 Å². The van der Waals surface area contributed by atoms with Gasteiger partial charge in [0.05, 0.1) is 24.6 Å². The van der Waals surface area contributed by atoms with Crippen molar-refractivity contribution >= 4 is 11.6 Å². The van der Waals surface area contributed by atoms with Crippen LogP contribution >= 0.6 is 0 Å². The van der Waals surface area contributed by atoms with E-state index in [1.165, 1.54) is 25.5 Å². The molecule has 2 N–H and O–H groups in total. The standard InChI is InChI=1S/C19H22N2O3/c22-13-15-9-10-20-12-18(15)21-19(23)14-5-4-8-17(11-14)24-16-6-2-1-3-7-16/h4-5,8-12,16,22H,1-3,6-7,13H2,(H,21,23). The van der Waals surface area contributed by atoms with Gasteiger partial charge in [-0.25, -0.2) is 0 Å². The molecule has 5 heteroatoms. The molecule has 1 heterocycles. The lowest BCUT2D eigenvalue weighted by atomic mass is 9.98. The Morgan fingerprint density at radius 2 is 2.08 bits per heavy atom. The molecule has 1 saturated carbocycles. The molecule has 1 aliphatic rings. The van der Waals surface area contributed by atoms with Crippen LogP contribution < -0.4 is 10.1 Å². The molecule has 1 fully saturated rings. The van der Waals surface area contributed by atoms with Crippen molar-refractivity contribution in [3.63, 3.8) is 0 Å². The molecule has 24 heavy (non-hydrogen) atoms. The van der Waals surface area contributed by atoms with Gasteiger partial charge in [-0.2, -0.15) is 0 Å². The fourth-order valence-corrected chi connectivity index (χ4v) is 2.95. The smallest absolute Gasteiger partial charge is 0.255 e. The molecule has 0 radical (unpaired) electrons. The molecule has 0 atom stereocenters. The summed E-state index contributed by atoms with van der Waals surface area (Å²) in [5.74, 6) is 0.481. The number of amides is 1. The van der Waals surface area contributed by atoms with Crippen molar-refractivity contribution in [2.24, 2.45) is 0 Å². The molecule has 2 aromatic rings. The van der Waals surface area contributed by atoms with E-state index in [1.54, 1.807) is 24.4 Å². The molecule has 5 nitrogen and oxygen atoms in total. The first kappa shape index (κ1) is 16.5. The van der Waals surface area contributed by atoms with Gasteiger partial charge in [0.15, 0.2) is 0 Å². The third-order valence-corrected chi connectivity index (χ3v) is 4.28. The average Bonchev–Trinajstić information content (AvgIpc) is 2.63. The molecule has 1 amide bonds. The van der Waals surface area contributed by atoms with Gasteiger partial charge in [-0.05, 0) is 49.9 Å². The summed E-state index contributed by atoms with van der Waals surface area (Å²) in [6.07, 6.45) is 9.20. The van der Waals surface area contributed by atoms with Crippen molar-refractivity contribution in [1.29, 1.82) is 0 Å². The minimum Gasteiger partial charge on any atom is -0.490 e. The van der Waals surface area contributed by atoms with Crippen LogP contribution in [-0.4, -0.2) is 22.1 Å². The quantitative estimate of drug-likeness (QED) is 0.881. The molecular weight excluding hydrogens is 304 g/mol. The van der Waals surface area contributed by atoms with Crippen LogP contribution in [0.5, 0.6) is 5.75 Å². The SMILES string of the molecule is O=C(Nc1cnccc1CO)c1cccc(OC2CCCCC2)c1. The van der Waals surface area contributed by atoms with Crippen LogP contribution in [0.1, 0.15) is 48.0 Å². The lowest BCUT2D eigenvalue weighted by Gasteiger charge is -2.23. The number of aliphatic hydroxyl groups excluding tert-OH is 1. The van der Waals surface area contributed by atoms with Crippen molar-refractivity contribution in [3.05, 3.63) is 53.9 Å². The van der Waals surface area contributed by atoms with Crippen LogP contribution in [0.15, 0.2) is 42.7 Å². The van der Waals surface area contributed by atoms with E-state index < -0.39 is 0 Å². The predicted molar refractivity (Wildman–Crippen MR) is 92.1 cm³/mol. The van der Waals surface area contributed by atoms with E-state index in [0.717, 1.165) is 18.6 Å². The second kappa shape index (κ2) is 7.93. The summed E-state index contributed by atoms with van der Waals surface area (Å²) in [7, 11) is 0. The summed E-state index contributed by atoms with van der Waals surface area (Å²) in [5.41, 5.74) is 1.67. The van der Waals surface area contributed by atoms with Gasteiger partial charge in [0.2, 0.25) is 0 Å². The number of carbonyl (C=O) groups excluding carboxylic acids is 1. The molecule has 126 valence electrons. The summed E-state index contributed by atoms with van der Waals surface area (Å²) in [4.78, 5) is 16.4. The van der Waals surface area contributed by atoms with E-state index in [-0.39, 0.29) is 18.6 Å². The first-order valence-corrected chi connectivity index (χ1v) is 8.38. The van der Waals surface area contributed by atoms with Gasteiger partial charge in [-0.15, -0.1) is 0 Å². The molecule has 3 rings (SSSR count). The zero-order valence-electron chi connectivity index (χ0n) is 13.6. The van der Waals surface area contributed by atoms with Crippen LogP contribution in [0.2, 0.25) is 0 Å². The average molecular weight is 326 g/mol. The number of hydrogen-bond donors (Lipinski definition) is 2. The van der Waals surface area contributed by atoms with Crippen molar-refractivity contribution < 1.29 is 14.6 Å². The molecular formula is C19H22N2O3. The number of pyridine rings is 1. The molecule has 1 aromatic carbocycles. The van der Waals surface area contributed by atoms with Gasteiger partial charge in [-0.1, -0.05) is 12.5 Å². The van der Waals surface area contributed by atoms with Gasteiger partial charge in [0.25, 0.3) is 5.91 Å². The Balaban J connectivity index is 1.69. The largest absolute Gasteiger partial charge is 0.490 e. The maximum absolute atomic E-state index is 12.5. The number of nitrogens with zero attached hydrogens (tertiary/aromatic N) is 1. The maximum atomic E-state index is 12.5. The topological polar surface area (TPSA) is 71.5 Å². The Bertz CT molecular complexity index is 697. The van der Waals surface area contributed by atoms with Crippen LogP contribution in [0.25, 0.3) is 0 Å². The van der Waals surface area contributed by atoms with E-state index in [0.29, 0.717) is 16.8 Å². The highest BCUT2D eigenvalue weighted by Crippen LogP contribution is 2.24. The van der Waals surface area contributed by atoms with Crippen LogP contribution in [-0.2, 0) is 6.61 Å². The summed E-state index contributed by atoms with van der Waals surface area (Å²) in [6, 6.07) is 8.90. The fourth-order valence-electron chi connectivity index (χ4n) is 2.95. The third-order valence-electron chi connectivity index (χ3n) is 4.28. The summed E-state index contributed by atoms with van der Waals surface area (Å²) < 4.78 is 6.01. The Morgan fingerprint density at radius 1 is 1.25 bits per heavy atom. The van der Waals surface area contributed by atoms with Crippen molar-refractivity contribution in [3.8, 4) is 5.75 Å². The van der Waals surface area contributed by atoms with Crippen LogP contribution in [0, 0.1) is 0 Å². The lowest BCUT2D eigenvalue weighted by molar-refractivity contribution is 0.102. The molecule has 1 aromatic heterocycles. The monoisotopic (exact) mass is 326 g/mol. The Morgan fingerprint density at radius 3 is 2.88 bits per heavy atom. The van der Waals surface area contributed by atoms with Gasteiger partial charge >= 0.3 is 0 Å². The van der Waals surface area contributed by atoms with Gasteiger partial charge < -0.3 is 15.2 Å². The number of anilines is 1. The van der Waals surface area contributed by atoms with Gasteiger partial charge in [0, 0.05) is 17.3 Å². The summed E-state index contributed by atoms with van der Waals surface area (Å²) in [5, 5.41) is 12.1. The normalized spacial score (nSPS) is 15.0. The number of aliphatic hydroxyl groups is 1. The molecule has 0 spiro atoms. The molecule has 0 unspecified atom stereocenters. The number of benzene rings is 1. The molecule has 0 bridgehead atoms. The lowest BCUT2D eigenvalue weighted by Crippen LogP contribution is -2.20.